The highest BCUT2D eigenvalue weighted by Gasteiger charge is 2.11. The lowest BCUT2D eigenvalue weighted by atomic mass is 10.2. The molecule has 4 heteroatoms. The van der Waals surface area contributed by atoms with Crippen molar-refractivity contribution in [2.75, 3.05) is 30.4 Å². The maximum atomic E-state index is 11.4. The van der Waals surface area contributed by atoms with Crippen LogP contribution in [0.5, 0.6) is 5.75 Å². The Labute approximate surface area is 115 Å². The Hall–Kier alpha value is -1.97. The maximum Gasteiger partial charge on any atom is 0.224 e. The number of nitrogens with zero attached hydrogens (tertiary/aromatic N) is 1. The molecule has 0 saturated carbocycles. The molecule has 0 aliphatic rings. The molecule has 4 nitrogen and oxygen atoms in total. The first-order valence-corrected chi connectivity index (χ1v) is 6.49. The van der Waals surface area contributed by atoms with Gasteiger partial charge in [-0.1, -0.05) is 13.0 Å². The summed E-state index contributed by atoms with van der Waals surface area (Å²) in [7, 11) is 1.64. The van der Waals surface area contributed by atoms with E-state index in [1.54, 1.807) is 7.11 Å². The van der Waals surface area contributed by atoms with Crippen LogP contribution in [0, 0.1) is 0 Å². The van der Waals surface area contributed by atoms with Gasteiger partial charge in [-0.15, -0.1) is 6.58 Å². The zero-order chi connectivity index (χ0) is 14.3. The molecule has 19 heavy (non-hydrogen) atoms. The molecule has 0 aromatic heterocycles. The van der Waals surface area contributed by atoms with Gasteiger partial charge in [-0.2, -0.15) is 0 Å². The zero-order valence-corrected chi connectivity index (χ0v) is 11.9. The zero-order valence-electron chi connectivity index (χ0n) is 11.9. The van der Waals surface area contributed by atoms with Crippen molar-refractivity contribution in [1.29, 1.82) is 0 Å². The molecule has 1 rings (SSSR count). The van der Waals surface area contributed by atoms with Gasteiger partial charge in [0.15, 0.2) is 0 Å². The third-order valence-corrected chi connectivity index (χ3v) is 2.86. The molecular weight excluding hydrogens is 240 g/mol. The minimum Gasteiger partial charge on any atom is -0.495 e. The van der Waals surface area contributed by atoms with E-state index in [0.717, 1.165) is 30.2 Å². The molecule has 0 unspecified atom stereocenters. The normalized spacial score (nSPS) is 9.84. The maximum absolute atomic E-state index is 11.4. The monoisotopic (exact) mass is 262 g/mol. The van der Waals surface area contributed by atoms with Gasteiger partial charge in [0.1, 0.15) is 5.75 Å². The number of hydrogen-bond donors (Lipinski definition) is 1. The van der Waals surface area contributed by atoms with E-state index in [1.165, 1.54) is 0 Å². The van der Waals surface area contributed by atoms with Crippen LogP contribution in [-0.2, 0) is 4.79 Å². The molecule has 1 amide bonds. The van der Waals surface area contributed by atoms with Crippen LogP contribution in [0.4, 0.5) is 11.4 Å². The molecule has 0 atom stereocenters. The quantitative estimate of drug-likeness (QED) is 0.768. The van der Waals surface area contributed by atoms with Gasteiger partial charge in [-0.25, -0.2) is 0 Å². The smallest absolute Gasteiger partial charge is 0.224 e. The lowest BCUT2D eigenvalue weighted by Crippen LogP contribution is -2.23. The van der Waals surface area contributed by atoms with Crippen LogP contribution < -0.4 is 15.0 Å². The summed E-state index contributed by atoms with van der Waals surface area (Å²) in [5.41, 5.74) is 1.74. The van der Waals surface area contributed by atoms with Crippen LogP contribution >= 0.6 is 0 Å². The number of ether oxygens (including phenoxy) is 1. The summed E-state index contributed by atoms with van der Waals surface area (Å²) in [6, 6.07) is 5.64. The number of carbonyl (C=O) groups is 1. The number of anilines is 2. The van der Waals surface area contributed by atoms with Gasteiger partial charge >= 0.3 is 0 Å². The van der Waals surface area contributed by atoms with Crippen LogP contribution in [-0.4, -0.2) is 26.1 Å². The van der Waals surface area contributed by atoms with Crippen molar-refractivity contribution in [3.05, 3.63) is 30.9 Å². The second-order valence-electron chi connectivity index (χ2n) is 4.12. The minimum absolute atomic E-state index is 0.00267. The predicted octanol–water partition coefficient (Wildman–Crippen LogP) is 3.06. The van der Waals surface area contributed by atoms with E-state index in [0.29, 0.717) is 6.42 Å². The lowest BCUT2D eigenvalue weighted by molar-refractivity contribution is -0.115. The van der Waals surface area contributed by atoms with Gasteiger partial charge in [-0.05, 0) is 25.1 Å². The van der Waals surface area contributed by atoms with Gasteiger partial charge in [0.2, 0.25) is 5.91 Å². The molecule has 0 bridgehead atoms. The Morgan fingerprint density at radius 1 is 1.47 bits per heavy atom. The largest absolute Gasteiger partial charge is 0.495 e. The van der Waals surface area contributed by atoms with Gasteiger partial charge in [-0.3, -0.25) is 4.79 Å². The summed E-state index contributed by atoms with van der Waals surface area (Å²) in [5.74, 6) is 0.793. The molecule has 1 aromatic carbocycles. The topological polar surface area (TPSA) is 41.6 Å². The van der Waals surface area contributed by atoms with E-state index in [2.05, 4.69) is 23.7 Å². The van der Waals surface area contributed by atoms with Crippen molar-refractivity contribution >= 4 is 17.3 Å². The third kappa shape index (κ3) is 4.02. The molecule has 104 valence electrons. The highest BCUT2D eigenvalue weighted by Crippen LogP contribution is 2.31. The first-order valence-electron chi connectivity index (χ1n) is 6.49. The van der Waals surface area contributed by atoms with Crippen molar-refractivity contribution in [2.24, 2.45) is 0 Å². The Bertz CT molecular complexity index is 444. The third-order valence-electron chi connectivity index (χ3n) is 2.86. The van der Waals surface area contributed by atoms with Crippen molar-refractivity contribution in [3.63, 3.8) is 0 Å². The number of benzene rings is 1. The number of rotatable bonds is 7. The SMILES string of the molecule is C=CCN(CC)c1cc(NC(=O)CC)ccc1OC. The van der Waals surface area contributed by atoms with Crippen LogP contribution in [0.25, 0.3) is 0 Å². The van der Waals surface area contributed by atoms with Crippen LogP contribution in [0.2, 0.25) is 0 Å². The predicted molar refractivity (Wildman–Crippen MR) is 80.0 cm³/mol. The molecule has 0 aliphatic carbocycles. The van der Waals surface area contributed by atoms with E-state index < -0.39 is 0 Å². The van der Waals surface area contributed by atoms with Crippen LogP contribution in [0.3, 0.4) is 0 Å². The molecule has 0 fully saturated rings. The second-order valence-corrected chi connectivity index (χ2v) is 4.12. The average molecular weight is 262 g/mol. The van der Waals surface area contributed by atoms with Gasteiger partial charge < -0.3 is 15.0 Å². The lowest BCUT2D eigenvalue weighted by Gasteiger charge is -2.24. The molecule has 0 heterocycles. The fourth-order valence-electron chi connectivity index (χ4n) is 1.82. The fourth-order valence-corrected chi connectivity index (χ4v) is 1.82. The molecule has 0 radical (unpaired) electrons. The molecule has 1 N–H and O–H groups in total. The van der Waals surface area contributed by atoms with Crippen molar-refractivity contribution in [3.8, 4) is 5.75 Å². The van der Waals surface area contributed by atoms with Gasteiger partial charge in [0, 0.05) is 25.2 Å². The summed E-state index contributed by atoms with van der Waals surface area (Å²) >= 11 is 0. The van der Waals surface area contributed by atoms with E-state index in [1.807, 2.05) is 31.2 Å². The summed E-state index contributed by atoms with van der Waals surface area (Å²) < 4.78 is 5.37. The van der Waals surface area contributed by atoms with E-state index in [9.17, 15) is 4.79 Å². The average Bonchev–Trinajstić information content (AvgIpc) is 2.44. The van der Waals surface area contributed by atoms with Gasteiger partial charge in [0.25, 0.3) is 0 Å². The Morgan fingerprint density at radius 2 is 2.21 bits per heavy atom. The molecule has 0 aliphatic heterocycles. The fraction of sp³-hybridized carbons (Fsp3) is 0.400. The Morgan fingerprint density at radius 3 is 2.74 bits per heavy atom. The van der Waals surface area contributed by atoms with Crippen molar-refractivity contribution in [2.45, 2.75) is 20.3 Å². The summed E-state index contributed by atoms with van der Waals surface area (Å²) in [5, 5.41) is 2.86. The number of nitrogens with one attached hydrogen (secondary N) is 1. The number of carbonyl (C=O) groups excluding carboxylic acids is 1. The number of amides is 1. The van der Waals surface area contributed by atoms with E-state index in [-0.39, 0.29) is 5.91 Å². The standard InChI is InChI=1S/C15H22N2O2/c1-5-10-17(7-3)13-11-12(16-15(18)6-2)8-9-14(13)19-4/h5,8-9,11H,1,6-7,10H2,2-4H3,(H,16,18). The van der Waals surface area contributed by atoms with Crippen LogP contribution in [0.15, 0.2) is 30.9 Å². The first-order chi connectivity index (χ1) is 9.15. The van der Waals surface area contributed by atoms with E-state index >= 15 is 0 Å². The Kier molecular flexibility index (Phi) is 5.93. The summed E-state index contributed by atoms with van der Waals surface area (Å²) in [6.45, 7) is 9.24. The molecule has 0 spiro atoms. The number of methoxy groups -OCH3 is 1. The van der Waals surface area contributed by atoms with Crippen molar-refractivity contribution in [1.82, 2.24) is 0 Å². The van der Waals surface area contributed by atoms with Crippen molar-refractivity contribution < 1.29 is 9.53 Å². The Balaban J connectivity index is 3.07. The summed E-state index contributed by atoms with van der Waals surface area (Å²) in [6.07, 6.45) is 2.31. The molecule has 0 saturated heterocycles. The second kappa shape index (κ2) is 7.46. The van der Waals surface area contributed by atoms with Crippen LogP contribution in [0.1, 0.15) is 20.3 Å². The highest BCUT2D eigenvalue weighted by atomic mass is 16.5. The molecule has 1 aromatic rings. The molecular formula is C15H22N2O2. The minimum atomic E-state index is 0.00267. The summed E-state index contributed by atoms with van der Waals surface area (Å²) in [4.78, 5) is 13.6. The first kappa shape index (κ1) is 15.1. The van der Waals surface area contributed by atoms with E-state index in [4.69, 9.17) is 4.74 Å². The number of hydrogen-bond acceptors (Lipinski definition) is 3. The highest BCUT2D eigenvalue weighted by molar-refractivity contribution is 5.91. The number of likely N-dealkylation sites (N-methyl/N-ethyl adjacent to an activating group) is 1. The van der Waals surface area contributed by atoms with Gasteiger partial charge in [0.05, 0.1) is 12.8 Å².